The third-order valence-electron chi connectivity index (χ3n) is 10.9. The van der Waals surface area contributed by atoms with Gasteiger partial charge in [0.15, 0.2) is 0 Å². The van der Waals surface area contributed by atoms with E-state index in [1.807, 2.05) is 0 Å². The molecule has 11 rings (SSSR count). The number of aromatic nitrogens is 2. The van der Waals surface area contributed by atoms with Gasteiger partial charge < -0.3 is 9.13 Å². The summed E-state index contributed by atoms with van der Waals surface area (Å²) in [6.45, 7) is 0. The molecular formula is C50H32N2. The lowest BCUT2D eigenvalue weighted by atomic mass is 9.92. The molecule has 0 bridgehead atoms. The number of benzene rings is 9. The van der Waals surface area contributed by atoms with Gasteiger partial charge in [0.2, 0.25) is 0 Å². The Morgan fingerprint density at radius 3 is 1.54 bits per heavy atom. The Morgan fingerprint density at radius 1 is 0.288 bits per heavy atom. The Labute approximate surface area is 301 Å². The third-order valence-corrected chi connectivity index (χ3v) is 10.9. The fraction of sp³-hybridized carbons (Fsp3) is 0. The summed E-state index contributed by atoms with van der Waals surface area (Å²) in [5, 5.41) is 11.5. The highest BCUT2D eigenvalue weighted by Crippen LogP contribution is 2.43. The number of fused-ring (bicyclic) bond motifs is 11. The first-order valence-electron chi connectivity index (χ1n) is 17.9. The van der Waals surface area contributed by atoms with Crippen molar-refractivity contribution < 1.29 is 0 Å². The Hall–Kier alpha value is -6.90. The quantitative estimate of drug-likeness (QED) is 0.166. The second-order valence-corrected chi connectivity index (χ2v) is 13.7. The fourth-order valence-electron chi connectivity index (χ4n) is 8.58. The minimum atomic E-state index is 1.14. The zero-order valence-corrected chi connectivity index (χ0v) is 28.4. The first kappa shape index (κ1) is 28.9. The lowest BCUT2D eigenvalue weighted by molar-refractivity contribution is 1.12. The minimum Gasteiger partial charge on any atom is -0.314 e. The molecule has 2 heterocycles. The normalized spacial score (nSPS) is 11.8. The zero-order chi connectivity index (χ0) is 34.2. The van der Waals surface area contributed by atoms with E-state index in [2.05, 4.69) is 203 Å². The van der Waals surface area contributed by atoms with Crippen LogP contribution < -0.4 is 0 Å². The maximum atomic E-state index is 2.48. The SMILES string of the molecule is c1ccc(-c2cn(-c3ccccc3)c3c2ccc2c4ccccc4n(-c4cccc(-c5ccc6c7ccccc7c7ccccc7c6c5)c4)c23)cc1. The van der Waals surface area contributed by atoms with Crippen molar-refractivity contribution in [2.24, 2.45) is 0 Å². The average Bonchev–Trinajstić information content (AvgIpc) is 3.78. The molecule has 0 fully saturated rings. The van der Waals surface area contributed by atoms with E-state index in [0.29, 0.717) is 0 Å². The van der Waals surface area contributed by atoms with Crippen LogP contribution in [0.4, 0.5) is 0 Å². The van der Waals surface area contributed by atoms with E-state index in [1.165, 1.54) is 87.3 Å². The van der Waals surface area contributed by atoms with Crippen molar-refractivity contribution in [3.05, 3.63) is 194 Å². The maximum Gasteiger partial charge on any atom is 0.0788 e. The van der Waals surface area contributed by atoms with Gasteiger partial charge in [0, 0.05) is 39.3 Å². The Kier molecular flexibility index (Phi) is 6.28. The maximum absolute atomic E-state index is 2.48. The van der Waals surface area contributed by atoms with Crippen molar-refractivity contribution in [1.29, 1.82) is 0 Å². The van der Waals surface area contributed by atoms with E-state index in [0.717, 1.165) is 11.4 Å². The molecule has 2 nitrogen and oxygen atoms in total. The zero-order valence-electron chi connectivity index (χ0n) is 28.4. The molecule has 0 aliphatic rings. The number of nitrogens with zero attached hydrogens (tertiary/aromatic N) is 2. The molecule has 0 amide bonds. The number of hydrogen-bond acceptors (Lipinski definition) is 0. The van der Waals surface area contributed by atoms with Gasteiger partial charge in [-0.3, -0.25) is 0 Å². The van der Waals surface area contributed by atoms with Crippen LogP contribution in [0.3, 0.4) is 0 Å². The Bertz CT molecular complexity index is 3130. The van der Waals surface area contributed by atoms with Gasteiger partial charge in [0.25, 0.3) is 0 Å². The first-order valence-corrected chi connectivity index (χ1v) is 17.9. The Balaban J connectivity index is 1.19. The van der Waals surface area contributed by atoms with Gasteiger partial charge in [-0.2, -0.15) is 0 Å². The predicted molar refractivity (Wildman–Crippen MR) is 221 cm³/mol. The molecule has 11 aromatic rings. The second kappa shape index (κ2) is 11.3. The molecular weight excluding hydrogens is 629 g/mol. The molecule has 0 spiro atoms. The summed E-state index contributed by atoms with van der Waals surface area (Å²) < 4.78 is 4.87. The van der Waals surface area contributed by atoms with Crippen LogP contribution in [0.2, 0.25) is 0 Å². The lowest BCUT2D eigenvalue weighted by Gasteiger charge is -2.14. The Morgan fingerprint density at radius 2 is 0.808 bits per heavy atom. The van der Waals surface area contributed by atoms with Gasteiger partial charge in [-0.05, 0) is 85.4 Å². The molecule has 2 aromatic heterocycles. The molecule has 0 atom stereocenters. The predicted octanol–water partition coefficient (Wildman–Crippen LogP) is 13.5. The molecule has 2 heteroatoms. The summed E-state index contributed by atoms with van der Waals surface area (Å²) in [5.74, 6) is 0. The van der Waals surface area contributed by atoms with Gasteiger partial charge in [-0.15, -0.1) is 0 Å². The van der Waals surface area contributed by atoms with Crippen molar-refractivity contribution in [3.63, 3.8) is 0 Å². The monoisotopic (exact) mass is 660 g/mol. The van der Waals surface area contributed by atoms with E-state index in [1.54, 1.807) is 0 Å². The molecule has 0 saturated heterocycles. The number of rotatable bonds is 4. The highest BCUT2D eigenvalue weighted by Gasteiger charge is 2.21. The van der Waals surface area contributed by atoms with Crippen LogP contribution in [0.15, 0.2) is 194 Å². The standard InChI is InChI=1S/C50H32N2/c1-3-14-33(15-4-1)47-32-51(36-17-5-2-6-18-36)49-45(47)29-28-44-43-24-11-12-25-48(43)52(50(44)49)37-19-13-16-34(30-37)35-26-27-42-40-22-8-7-20-38(40)39-21-9-10-23-41(39)46(42)31-35/h1-32H. The summed E-state index contributed by atoms with van der Waals surface area (Å²) in [5.41, 5.74) is 10.7. The molecule has 52 heavy (non-hydrogen) atoms. The van der Waals surface area contributed by atoms with Crippen LogP contribution in [-0.4, -0.2) is 9.13 Å². The van der Waals surface area contributed by atoms with Gasteiger partial charge in [-0.25, -0.2) is 0 Å². The first-order chi connectivity index (χ1) is 25.8. The average molecular weight is 661 g/mol. The smallest absolute Gasteiger partial charge is 0.0788 e. The summed E-state index contributed by atoms with van der Waals surface area (Å²) in [4.78, 5) is 0. The highest BCUT2D eigenvalue weighted by atomic mass is 15.0. The van der Waals surface area contributed by atoms with E-state index in [-0.39, 0.29) is 0 Å². The van der Waals surface area contributed by atoms with E-state index in [4.69, 9.17) is 0 Å². The van der Waals surface area contributed by atoms with Crippen LogP contribution in [0.5, 0.6) is 0 Å². The second-order valence-electron chi connectivity index (χ2n) is 13.7. The lowest BCUT2D eigenvalue weighted by Crippen LogP contribution is -1.98. The van der Waals surface area contributed by atoms with Crippen LogP contribution in [-0.2, 0) is 0 Å². The van der Waals surface area contributed by atoms with Crippen molar-refractivity contribution >= 4 is 65.0 Å². The minimum absolute atomic E-state index is 1.14. The summed E-state index contributed by atoms with van der Waals surface area (Å²) in [6.07, 6.45) is 2.32. The third kappa shape index (κ3) is 4.25. The van der Waals surface area contributed by atoms with Crippen LogP contribution in [0.1, 0.15) is 0 Å². The van der Waals surface area contributed by atoms with Crippen molar-refractivity contribution in [3.8, 4) is 33.6 Å². The van der Waals surface area contributed by atoms with E-state index >= 15 is 0 Å². The molecule has 242 valence electrons. The molecule has 0 N–H and O–H groups in total. The van der Waals surface area contributed by atoms with E-state index in [9.17, 15) is 0 Å². The summed E-state index contributed by atoms with van der Waals surface area (Å²) in [6, 6.07) is 68.6. The van der Waals surface area contributed by atoms with Gasteiger partial charge in [-0.1, -0.05) is 152 Å². The molecule has 0 radical (unpaired) electrons. The van der Waals surface area contributed by atoms with Crippen molar-refractivity contribution in [2.75, 3.05) is 0 Å². The molecule has 0 saturated carbocycles. The van der Waals surface area contributed by atoms with Crippen LogP contribution in [0, 0.1) is 0 Å². The topological polar surface area (TPSA) is 9.86 Å². The van der Waals surface area contributed by atoms with Gasteiger partial charge in [0.1, 0.15) is 0 Å². The van der Waals surface area contributed by atoms with Crippen LogP contribution in [0.25, 0.3) is 98.7 Å². The van der Waals surface area contributed by atoms with Crippen molar-refractivity contribution in [1.82, 2.24) is 9.13 Å². The number of hydrogen-bond donors (Lipinski definition) is 0. The van der Waals surface area contributed by atoms with Crippen molar-refractivity contribution in [2.45, 2.75) is 0 Å². The van der Waals surface area contributed by atoms with Crippen LogP contribution >= 0.6 is 0 Å². The molecule has 0 unspecified atom stereocenters. The van der Waals surface area contributed by atoms with E-state index < -0.39 is 0 Å². The largest absolute Gasteiger partial charge is 0.314 e. The fourth-order valence-corrected chi connectivity index (χ4v) is 8.58. The summed E-state index contributed by atoms with van der Waals surface area (Å²) in [7, 11) is 0. The van der Waals surface area contributed by atoms with Gasteiger partial charge in [0.05, 0.1) is 16.6 Å². The highest BCUT2D eigenvalue weighted by molar-refractivity contribution is 6.26. The van der Waals surface area contributed by atoms with Gasteiger partial charge >= 0.3 is 0 Å². The molecule has 0 aliphatic heterocycles. The molecule has 0 aliphatic carbocycles. The molecule has 9 aromatic carbocycles. The summed E-state index contributed by atoms with van der Waals surface area (Å²) >= 11 is 0. The number of para-hydroxylation sites is 2.